The fourth-order valence-corrected chi connectivity index (χ4v) is 5.53. The maximum absolute atomic E-state index is 13.4. The molecular weight excluding hydrogens is 562 g/mol. The van der Waals surface area contributed by atoms with Crippen LogP contribution in [-0.4, -0.2) is 53.8 Å². The van der Waals surface area contributed by atoms with Crippen LogP contribution in [0.5, 0.6) is 11.5 Å². The molecule has 4 N–H and O–H groups in total. The highest BCUT2D eigenvalue weighted by Crippen LogP contribution is 2.46. The molecule has 0 aromatic heterocycles. The number of anilines is 1. The van der Waals surface area contributed by atoms with Gasteiger partial charge in [-0.2, -0.15) is 0 Å². The number of hydrogen-bond acceptors (Lipinski definition) is 6. The van der Waals surface area contributed by atoms with Crippen molar-refractivity contribution in [2.45, 2.75) is 37.8 Å². The van der Waals surface area contributed by atoms with Gasteiger partial charge < -0.3 is 34.6 Å². The van der Waals surface area contributed by atoms with Crippen molar-refractivity contribution in [1.29, 1.82) is 0 Å². The standard InChI is InChI=1S/C31H38FN2O7P/c1-40-26-12-6-23(7-13-26)30-28(16-17-29(35)22-4-8-24(32)9-5-22)31(36)34(30)25-10-14-27(15-11-25)41-20-3-2-18-33-19-21-42(37,38)39/h4-15,28-30,33,35H,2-3,16-21H2,1H3,(H2,37,38,39). The third kappa shape index (κ3) is 8.63. The van der Waals surface area contributed by atoms with Crippen LogP contribution in [0.1, 0.15) is 49.0 Å². The first-order chi connectivity index (χ1) is 20.2. The topological polar surface area (TPSA) is 129 Å². The number of hydrogen-bond donors (Lipinski definition) is 4. The summed E-state index contributed by atoms with van der Waals surface area (Å²) in [6.45, 7) is 1.42. The number of carbonyl (C=O) groups is 1. The van der Waals surface area contributed by atoms with Crippen LogP contribution in [0.25, 0.3) is 0 Å². The summed E-state index contributed by atoms with van der Waals surface area (Å²) in [6, 6.07) is 20.6. The molecule has 0 bridgehead atoms. The van der Waals surface area contributed by atoms with Crippen molar-refractivity contribution < 1.29 is 38.1 Å². The number of rotatable bonds is 16. The minimum Gasteiger partial charge on any atom is -0.497 e. The van der Waals surface area contributed by atoms with Crippen LogP contribution in [0.3, 0.4) is 0 Å². The molecule has 1 aliphatic rings. The summed E-state index contributed by atoms with van der Waals surface area (Å²) in [5.74, 6) is 0.693. The molecule has 226 valence electrons. The average molecular weight is 601 g/mol. The van der Waals surface area contributed by atoms with Gasteiger partial charge in [-0.3, -0.25) is 9.36 Å². The highest BCUT2D eigenvalue weighted by atomic mass is 31.2. The van der Waals surface area contributed by atoms with E-state index in [1.54, 1.807) is 24.1 Å². The van der Waals surface area contributed by atoms with Crippen molar-refractivity contribution >= 4 is 19.2 Å². The number of benzene rings is 3. The zero-order valence-corrected chi connectivity index (χ0v) is 24.5. The van der Waals surface area contributed by atoms with Gasteiger partial charge in [-0.1, -0.05) is 24.3 Å². The smallest absolute Gasteiger partial charge is 0.326 e. The first-order valence-corrected chi connectivity index (χ1v) is 15.8. The largest absolute Gasteiger partial charge is 0.497 e. The monoisotopic (exact) mass is 600 g/mol. The number of ether oxygens (including phenoxy) is 2. The summed E-state index contributed by atoms with van der Waals surface area (Å²) in [7, 11) is -2.37. The molecule has 0 aliphatic carbocycles. The molecule has 1 fully saturated rings. The third-order valence-electron chi connectivity index (χ3n) is 7.39. The van der Waals surface area contributed by atoms with Gasteiger partial charge in [0.05, 0.1) is 37.9 Å². The van der Waals surface area contributed by atoms with E-state index in [1.165, 1.54) is 12.1 Å². The molecule has 3 atom stereocenters. The van der Waals surface area contributed by atoms with E-state index in [-0.39, 0.29) is 36.4 Å². The zero-order valence-electron chi connectivity index (χ0n) is 23.6. The van der Waals surface area contributed by atoms with Crippen LogP contribution in [-0.2, 0) is 9.36 Å². The fraction of sp³-hybridized carbons (Fsp3) is 0.387. The molecule has 1 amide bonds. The summed E-state index contributed by atoms with van der Waals surface area (Å²) >= 11 is 0. The van der Waals surface area contributed by atoms with Crippen LogP contribution < -0.4 is 19.7 Å². The summed E-state index contributed by atoms with van der Waals surface area (Å²) in [4.78, 5) is 32.9. The highest BCUT2D eigenvalue weighted by molar-refractivity contribution is 7.51. The normalized spacial score (nSPS) is 17.5. The molecule has 3 unspecified atom stereocenters. The number of unbranched alkanes of at least 4 members (excludes halogenated alkanes) is 1. The lowest BCUT2D eigenvalue weighted by Gasteiger charge is -2.48. The van der Waals surface area contributed by atoms with Crippen LogP contribution >= 0.6 is 7.60 Å². The van der Waals surface area contributed by atoms with Gasteiger partial charge >= 0.3 is 7.60 Å². The molecule has 3 aromatic carbocycles. The van der Waals surface area contributed by atoms with Gasteiger partial charge in [0.1, 0.15) is 17.3 Å². The van der Waals surface area contributed by atoms with E-state index in [0.717, 1.165) is 29.8 Å². The number of aliphatic hydroxyl groups excluding tert-OH is 1. The molecule has 1 heterocycles. The third-order valence-corrected chi connectivity index (χ3v) is 8.19. The number of methoxy groups -OCH3 is 1. The second-order valence-electron chi connectivity index (χ2n) is 10.4. The summed E-state index contributed by atoms with van der Waals surface area (Å²) in [5, 5.41) is 13.7. The Hall–Kier alpha value is -3.27. The Bertz CT molecular complexity index is 1330. The molecule has 42 heavy (non-hydrogen) atoms. The Morgan fingerprint density at radius 3 is 2.26 bits per heavy atom. The Labute approximate surface area is 245 Å². The van der Waals surface area contributed by atoms with E-state index in [0.29, 0.717) is 37.3 Å². The predicted molar refractivity (Wildman–Crippen MR) is 158 cm³/mol. The quantitative estimate of drug-likeness (QED) is 0.103. The number of nitrogens with one attached hydrogen (secondary N) is 1. The molecule has 0 radical (unpaired) electrons. The molecule has 0 saturated carbocycles. The molecule has 11 heteroatoms. The fourth-order valence-electron chi connectivity index (χ4n) is 5.08. The molecule has 4 rings (SSSR count). The van der Waals surface area contributed by atoms with Crippen LogP contribution in [0, 0.1) is 11.7 Å². The lowest BCUT2D eigenvalue weighted by atomic mass is 9.78. The SMILES string of the molecule is COc1ccc(C2C(CCC(O)c3ccc(F)cc3)C(=O)N2c2ccc(OCCCCNCCP(=O)(O)O)cc2)cc1. The number of halogens is 1. The van der Waals surface area contributed by atoms with E-state index in [1.807, 2.05) is 48.5 Å². The molecule has 3 aromatic rings. The van der Waals surface area contributed by atoms with Crippen molar-refractivity contribution in [3.63, 3.8) is 0 Å². The van der Waals surface area contributed by atoms with Crippen molar-refractivity contribution in [2.75, 3.05) is 37.9 Å². The predicted octanol–water partition coefficient (Wildman–Crippen LogP) is 4.98. The lowest BCUT2D eigenvalue weighted by Crippen LogP contribution is -2.55. The summed E-state index contributed by atoms with van der Waals surface area (Å²) < 4.78 is 35.3. The van der Waals surface area contributed by atoms with Crippen molar-refractivity contribution in [1.82, 2.24) is 5.32 Å². The molecule has 0 spiro atoms. The number of aliphatic hydroxyl groups is 1. The summed E-state index contributed by atoms with van der Waals surface area (Å²) in [5.41, 5.74) is 2.33. The Morgan fingerprint density at radius 2 is 1.62 bits per heavy atom. The Morgan fingerprint density at radius 1 is 0.952 bits per heavy atom. The number of β-lactam (4-membered cyclic amide) rings is 1. The van der Waals surface area contributed by atoms with Gasteiger partial charge in [-0.15, -0.1) is 0 Å². The van der Waals surface area contributed by atoms with E-state index in [9.17, 15) is 18.9 Å². The lowest BCUT2D eigenvalue weighted by molar-refractivity contribution is -0.131. The van der Waals surface area contributed by atoms with Crippen LogP contribution in [0.2, 0.25) is 0 Å². The first-order valence-electron chi connectivity index (χ1n) is 14.0. The van der Waals surface area contributed by atoms with Crippen LogP contribution in [0.15, 0.2) is 72.8 Å². The van der Waals surface area contributed by atoms with Gasteiger partial charge in [0.25, 0.3) is 0 Å². The maximum Gasteiger partial charge on any atom is 0.326 e. The van der Waals surface area contributed by atoms with Gasteiger partial charge in [0.2, 0.25) is 5.91 Å². The van der Waals surface area contributed by atoms with Crippen LogP contribution in [0.4, 0.5) is 10.1 Å². The maximum atomic E-state index is 13.4. The Balaban J connectivity index is 1.34. The Kier molecular flexibility index (Phi) is 11.1. The van der Waals surface area contributed by atoms with E-state index in [4.69, 9.17) is 19.3 Å². The number of amides is 1. The number of nitrogens with zero attached hydrogens (tertiary/aromatic N) is 1. The minimum absolute atomic E-state index is 0.0259. The van der Waals surface area contributed by atoms with Crippen molar-refractivity contribution in [2.24, 2.45) is 5.92 Å². The number of carbonyl (C=O) groups excluding carboxylic acids is 1. The summed E-state index contributed by atoms with van der Waals surface area (Å²) in [6.07, 6.45) is 1.46. The second-order valence-corrected chi connectivity index (χ2v) is 12.1. The van der Waals surface area contributed by atoms with Gasteiger partial charge in [-0.05, 0) is 91.9 Å². The first kappa shape index (κ1) is 31.7. The van der Waals surface area contributed by atoms with Crippen molar-refractivity contribution in [3.8, 4) is 11.5 Å². The zero-order chi connectivity index (χ0) is 30.1. The van der Waals surface area contributed by atoms with E-state index >= 15 is 0 Å². The minimum atomic E-state index is -3.97. The van der Waals surface area contributed by atoms with E-state index < -0.39 is 13.7 Å². The second kappa shape index (κ2) is 14.8. The molecular formula is C31H38FN2O7P. The molecule has 1 aliphatic heterocycles. The average Bonchev–Trinajstić information content (AvgIpc) is 2.97. The van der Waals surface area contributed by atoms with Crippen molar-refractivity contribution in [3.05, 3.63) is 89.7 Å². The van der Waals surface area contributed by atoms with Gasteiger partial charge in [0, 0.05) is 12.2 Å². The van der Waals surface area contributed by atoms with Gasteiger partial charge in [0.15, 0.2) is 0 Å². The molecule has 9 nitrogen and oxygen atoms in total. The highest BCUT2D eigenvalue weighted by Gasteiger charge is 2.48. The van der Waals surface area contributed by atoms with Gasteiger partial charge in [-0.25, -0.2) is 4.39 Å². The molecule has 1 saturated heterocycles. The van der Waals surface area contributed by atoms with E-state index in [2.05, 4.69) is 5.32 Å².